The normalized spacial score (nSPS) is 25.8. The van der Waals surface area contributed by atoms with Gasteiger partial charge in [-0.1, -0.05) is 19.8 Å². The summed E-state index contributed by atoms with van der Waals surface area (Å²) >= 11 is 0. The van der Waals surface area contributed by atoms with Gasteiger partial charge in [0.25, 0.3) is 0 Å². The Hall–Kier alpha value is -1.09. The van der Waals surface area contributed by atoms with Crippen molar-refractivity contribution < 1.29 is 4.74 Å². The van der Waals surface area contributed by atoms with Gasteiger partial charge in [0, 0.05) is 24.3 Å². The summed E-state index contributed by atoms with van der Waals surface area (Å²) in [7, 11) is 0. The van der Waals surface area contributed by atoms with Crippen LogP contribution in [0.5, 0.6) is 5.88 Å². The number of pyridine rings is 1. The number of aryl methyl sites for hydroxylation is 1. The molecule has 1 heterocycles. The number of hydrogen-bond acceptors (Lipinski definition) is 3. The molecule has 21 heavy (non-hydrogen) atoms. The Morgan fingerprint density at radius 3 is 2.86 bits per heavy atom. The highest BCUT2D eigenvalue weighted by molar-refractivity contribution is 5.25. The second kappa shape index (κ2) is 6.78. The first-order valence-electron chi connectivity index (χ1n) is 8.60. The molecule has 2 fully saturated rings. The first kappa shape index (κ1) is 14.8. The Morgan fingerprint density at radius 2 is 2.10 bits per heavy atom. The average Bonchev–Trinajstić information content (AvgIpc) is 3.29. The van der Waals surface area contributed by atoms with Gasteiger partial charge in [-0.15, -0.1) is 0 Å². The molecular formula is C18H28N2O. The van der Waals surface area contributed by atoms with Gasteiger partial charge in [0.05, 0.1) is 0 Å². The molecule has 0 spiro atoms. The predicted molar refractivity (Wildman–Crippen MR) is 85.5 cm³/mol. The first-order valence-corrected chi connectivity index (χ1v) is 8.60. The fraction of sp³-hybridized carbons (Fsp3) is 0.722. The van der Waals surface area contributed by atoms with E-state index in [-0.39, 0.29) is 0 Å². The summed E-state index contributed by atoms with van der Waals surface area (Å²) in [5.74, 6) is 1.66. The SMILES string of the molecule is CCC1CCCC(Oc2cc(CNC3CC3)cc(C)n2)C1. The molecule has 0 aromatic carbocycles. The molecule has 0 amide bonds. The summed E-state index contributed by atoms with van der Waals surface area (Å²) in [5, 5.41) is 3.56. The Labute approximate surface area is 128 Å². The van der Waals surface area contributed by atoms with Crippen molar-refractivity contribution in [2.24, 2.45) is 5.92 Å². The average molecular weight is 288 g/mol. The molecule has 3 rings (SSSR count). The number of ether oxygens (including phenoxy) is 1. The van der Waals surface area contributed by atoms with Crippen LogP contribution in [0.3, 0.4) is 0 Å². The molecule has 3 heteroatoms. The van der Waals surface area contributed by atoms with E-state index in [4.69, 9.17) is 4.74 Å². The topological polar surface area (TPSA) is 34.1 Å². The zero-order valence-electron chi connectivity index (χ0n) is 13.4. The lowest BCUT2D eigenvalue weighted by Gasteiger charge is -2.28. The molecule has 0 saturated heterocycles. The third kappa shape index (κ3) is 4.44. The quantitative estimate of drug-likeness (QED) is 0.859. The van der Waals surface area contributed by atoms with E-state index in [2.05, 4.69) is 36.3 Å². The van der Waals surface area contributed by atoms with Crippen molar-refractivity contribution in [3.8, 4) is 5.88 Å². The van der Waals surface area contributed by atoms with Crippen molar-refractivity contribution in [1.82, 2.24) is 10.3 Å². The van der Waals surface area contributed by atoms with Gasteiger partial charge in [-0.05, 0) is 56.6 Å². The number of aromatic nitrogens is 1. The summed E-state index contributed by atoms with van der Waals surface area (Å²) in [6, 6.07) is 5.03. The minimum Gasteiger partial charge on any atom is -0.474 e. The van der Waals surface area contributed by atoms with E-state index in [9.17, 15) is 0 Å². The Morgan fingerprint density at radius 1 is 1.24 bits per heavy atom. The largest absolute Gasteiger partial charge is 0.474 e. The van der Waals surface area contributed by atoms with Crippen molar-refractivity contribution in [2.45, 2.75) is 77.5 Å². The molecule has 1 aromatic rings. The van der Waals surface area contributed by atoms with Crippen molar-refractivity contribution in [3.63, 3.8) is 0 Å². The summed E-state index contributed by atoms with van der Waals surface area (Å²) in [4.78, 5) is 4.57. The monoisotopic (exact) mass is 288 g/mol. The molecule has 0 aliphatic heterocycles. The van der Waals surface area contributed by atoms with E-state index in [0.29, 0.717) is 6.10 Å². The van der Waals surface area contributed by atoms with Gasteiger partial charge < -0.3 is 10.1 Å². The molecule has 2 atom stereocenters. The van der Waals surface area contributed by atoms with Crippen LogP contribution in [-0.4, -0.2) is 17.1 Å². The van der Waals surface area contributed by atoms with Crippen LogP contribution < -0.4 is 10.1 Å². The number of nitrogens with zero attached hydrogens (tertiary/aromatic N) is 1. The Bertz CT molecular complexity index is 470. The molecule has 2 saturated carbocycles. The van der Waals surface area contributed by atoms with Crippen molar-refractivity contribution in [1.29, 1.82) is 0 Å². The van der Waals surface area contributed by atoms with Crippen LogP contribution in [-0.2, 0) is 6.54 Å². The molecule has 1 N–H and O–H groups in total. The van der Waals surface area contributed by atoms with Crippen LogP contribution in [0.15, 0.2) is 12.1 Å². The number of hydrogen-bond donors (Lipinski definition) is 1. The molecule has 0 radical (unpaired) electrons. The molecule has 3 nitrogen and oxygen atoms in total. The van der Waals surface area contributed by atoms with Crippen LogP contribution in [0.25, 0.3) is 0 Å². The molecule has 0 bridgehead atoms. The highest BCUT2D eigenvalue weighted by Gasteiger charge is 2.23. The maximum absolute atomic E-state index is 6.19. The number of rotatable bonds is 6. The minimum absolute atomic E-state index is 0.363. The highest BCUT2D eigenvalue weighted by atomic mass is 16.5. The van der Waals surface area contributed by atoms with E-state index in [0.717, 1.165) is 30.1 Å². The zero-order chi connectivity index (χ0) is 14.7. The van der Waals surface area contributed by atoms with Crippen LogP contribution in [0, 0.1) is 12.8 Å². The molecule has 116 valence electrons. The highest BCUT2D eigenvalue weighted by Crippen LogP contribution is 2.29. The molecule has 2 aliphatic rings. The fourth-order valence-electron chi connectivity index (χ4n) is 3.31. The van der Waals surface area contributed by atoms with E-state index < -0.39 is 0 Å². The van der Waals surface area contributed by atoms with Gasteiger partial charge in [-0.25, -0.2) is 4.98 Å². The lowest BCUT2D eigenvalue weighted by atomic mass is 9.85. The first-order chi connectivity index (χ1) is 10.2. The van der Waals surface area contributed by atoms with Gasteiger partial charge >= 0.3 is 0 Å². The standard InChI is InChI=1S/C18H28N2O/c1-3-14-5-4-6-17(10-14)21-18-11-15(9-13(2)20-18)12-19-16-7-8-16/h9,11,14,16-17,19H,3-8,10,12H2,1-2H3. The van der Waals surface area contributed by atoms with Gasteiger partial charge in [-0.3, -0.25) is 0 Å². The van der Waals surface area contributed by atoms with Crippen LogP contribution in [0.4, 0.5) is 0 Å². The second-order valence-corrected chi connectivity index (χ2v) is 6.79. The minimum atomic E-state index is 0.363. The third-order valence-electron chi connectivity index (χ3n) is 4.76. The maximum Gasteiger partial charge on any atom is 0.214 e. The van der Waals surface area contributed by atoms with E-state index in [1.165, 1.54) is 50.5 Å². The van der Waals surface area contributed by atoms with Crippen LogP contribution in [0.2, 0.25) is 0 Å². The second-order valence-electron chi connectivity index (χ2n) is 6.79. The maximum atomic E-state index is 6.19. The molecular weight excluding hydrogens is 260 g/mol. The lowest BCUT2D eigenvalue weighted by Crippen LogP contribution is -2.25. The Balaban J connectivity index is 1.60. The smallest absolute Gasteiger partial charge is 0.214 e. The third-order valence-corrected chi connectivity index (χ3v) is 4.76. The summed E-state index contributed by atoms with van der Waals surface area (Å²) in [6.45, 7) is 5.29. The summed E-state index contributed by atoms with van der Waals surface area (Å²) < 4.78 is 6.19. The van der Waals surface area contributed by atoms with Gasteiger partial charge in [0.15, 0.2) is 0 Å². The van der Waals surface area contributed by atoms with Crippen molar-refractivity contribution in [2.75, 3.05) is 0 Å². The van der Waals surface area contributed by atoms with Gasteiger partial charge in [0.2, 0.25) is 5.88 Å². The fourth-order valence-corrected chi connectivity index (χ4v) is 3.31. The van der Waals surface area contributed by atoms with Crippen LogP contribution in [0.1, 0.15) is 63.1 Å². The van der Waals surface area contributed by atoms with Crippen molar-refractivity contribution in [3.05, 3.63) is 23.4 Å². The van der Waals surface area contributed by atoms with Crippen molar-refractivity contribution >= 4 is 0 Å². The van der Waals surface area contributed by atoms with Gasteiger partial charge in [-0.2, -0.15) is 0 Å². The predicted octanol–water partition coefficient (Wildman–Crippen LogP) is 3.99. The summed E-state index contributed by atoms with van der Waals surface area (Å²) in [6.07, 6.45) is 9.34. The lowest BCUT2D eigenvalue weighted by molar-refractivity contribution is 0.117. The van der Waals surface area contributed by atoms with E-state index in [1.807, 2.05) is 0 Å². The molecule has 2 aliphatic carbocycles. The summed E-state index contributed by atoms with van der Waals surface area (Å²) in [5.41, 5.74) is 2.36. The van der Waals surface area contributed by atoms with Gasteiger partial charge in [0.1, 0.15) is 6.10 Å². The molecule has 2 unspecified atom stereocenters. The Kier molecular flexibility index (Phi) is 4.79. The van der Waals surface area contributed by atoms with E-state index in [1.54, 1.807) is 0 Å². The zero-order valence-corrected chi connectivity index (χ0v) is 13.4. The number of nitrogens with one attached hydrogen (secondary N) is 1. The molecule has 1 aromatic heterocycles. The van der Waals surface area contributed by atoms with E-state index >= 15 is 0 Å². The van der Waals surface area contributed by atoms with Crippen LogP contribution >= 0.6 is 0 Å².